The van der Waals surface area contributed by atoms with Crippen molar-refractivity contribution < 1.29 is 9.53 Å². The van der Waals surface area contributed by atoms with Gasteiger partial charge in [0.15, 0.2) is 5.11 Å². The number of esters is 1. The van der Waals surface area contributed by atoms with E-state index in [0.717, 1.165) is 17.0 Å². The number of hydrogen-bond acceptors (Lipinski definition) is 4. The number of hydrogen-bond donors (Lipinski definition) is 1. The summed E-state index contributed by atoms with van der Waals surface area (Å²) in [5.41, 5.74) is 7.72. The highest BCUT2D eigenvalue weighted by molar-refractivity contribution is 7.98. The number of rotatable bonds is 6. The Morgan fingerprint density at radius 2 is 2.25 bits per heavy atom. The molecule has 0 aliphatic carbocycles. The summed E-state index contributed by atoms with van der Waals surface area (Å²) in [6.45, 7) is 1.98. The third-order valence-electron chi connectivity index (χ3n) is 2.90. The van der Waals surface area contributed by atoms with E-state index in [2.05, 4.69) is 0 Å². The molecule has 0 unspecified atom stereocenters. The number of methoxy groups -OCH3 is 1. The van der Waals surface area contributed by atoms with E-state index in [1.54, 1.807) is 16.7 Å². The van der Waals surface area contributed by atoms with Crippen LogP contribution in [-0.4, -0.2) is 36.2 Å². The van der Waals surface area contributed by atoms with Gasteiger partial charge in [0.05, 0.1) is 7.11 Å². The van der Waals surface area contributed by atoms with E-state index < -0.39 is 6.04 Å². The van der Waals surface area contributed by atoms with Crippen molar-refractivity contribution in [3.05, 3.63) is 29.8 Å². The van der Waals surface area contributed by atoms with Gasteiger partial charge in [-0.2, -0.15) is 11.8 Å². The van der Waals surface area contributed by atoms with Gasteiger partial charge in [-0.25, -0.2) is 4.79 Å². The van der Waals surface area contributed by atoms with Gasteiger partial charge >= 0.3 is 5.97 Å². The molecule has 1 aromatic rings. The van der Waals surface area contributed by atoms with Crippen LogP contribution in [0.5, 0.6) is 0 Å². The number of thioether (sulfide) groups is 1. The number of benzene rings is 1. The normalized spacial score (nSPS) is 11.8. The lowest BCUT2D eigenvalue weighted by molar-refractivity contribution is -0.142. The molecule has 0 radical (unpaired) electrons. The Morgan fingerprint density at radius 3 is 2.75 bits per heavy atom. The van der Waals surface area contributed by atoms with Gasteiger partial charge in [0.2, 0.25) is 0 Å². The topological polar surface area (TPSA) is 55.6 Å². The van der Waals surface area contributed by atoms with Crippen LogP contribution in [0.1, 0.15) is 12.0 Å². The van der Waals surface area contributed by atoms with Gasteiger partial charge in [-0.15, -0.1) is 0 Å². The molecule has 1 aromatic carbocycles. The van der Waals surface area contributed by atoms with Crippen molar-refractivity contribution in [2.75, 3.05) is 24.0 Å². The molecule has 0 spiro atoms. The van der Waals surface area contributed by atoms with Crippen LogP contribution in [0.25, 0.3) is 0 Å². The highest BCUT2D eigenvalue weighted by Gasteiger charge is 2.28. The van der Waals surface area contributed by atoms with Crippen molar-refractivity contribution in [1.29, 1.82) is 0 Å². The lowest BCUT2D eigenvalue weighted by atomic mass is 10.1. The second kappa shape index (κ2) is 8.11. The molecule has 0 saturated heterocycles. The molecule has 0 amide bonds. The zero-order valence-corrected chi connectivity index (χ0v) is 13.6. The Morgan fingerprint density at radius 1 is 1.55 bits per heavy atom. The van der Waals surface area contributed by atoms with E-state index >= 15 is 0 Å². The molecular formula is C14H20N2O2S2. The predicted octanol–water partition coefficient (Wildman–Crippen LogP) is 2.34. The Balaban J connectivity index is 3.13. The van der Waals surface area contributed by atoms with Gasteiger partial charge in [0.25, 0.3) is 0 Å². The number of carbonyl (C=O) groups excluding carboxylic acids is 1. The maximum absolute atomic E-state index is 12.0. The molecule has 0 aliphatic heterocycles. The van der Waals surface area contributed by atoms with Crippen LogP contribution >= 0.6 is 24.0 Å². The van der Waals surface area contributed by atoms with Gasteiger partial charge < -0.3 is 15.4 Å². The molecule has 2 N–H and O–H groups in total. The highest BCUT2D eigenvalue weighted by Crippen LogP contribution is 2.21. The van der Waals surface area contributed by atoms with Crippen molar-refractivity contribution >= 4 is 40.7 Å². The fourth-order valence-corrected chi connectivity index (χ4v) is 2.65. The number of nitrogens with zero attached hydrogens (tertiary/aromatic N) is 1. The van der Waals surface area contributed by atoms with Crippen molar-refractivity contribution in [3.8, 4) is 0 Å². The zero-order chi connectivity index (χ0) is 15.1. The van der Waals surface area contributed by atoms with Crippen LogP contribution in [0.2, 0.25) is 0 Å². The minimum Gasteiger partial charge on any atom is -0.467 e. The Kier molecular flexibility index (Phi) is 6.81. The standard InChI is InChI=1S/C14H20N2O2S2/c1-10-5-4-6-11(9-10)16(14(15)19)12(7-8-20-3)13(17)18-2/h4-6,9,12H,7-8H2,1-3H3,(H2,15,19)/t12-/m0/s1. The van der Waals surface area contributed by atoms with Gasteiger partial charge in [0.1, 0.15) is 6.04 Å². The Labute approximate surface area is 129 Å². The van der Waals surface area contributed by atoms with Crippen molar-refractivity contribution in [3.63, 3.8) is 0 Å². The number of aryl methyl sites for hydroxylation is 1. The average molecular weight is 312 g/mol. The highest BCUT2D eigenvalue weighted by atomic mass is 32.2. The molecule has 0 bridgehead atoms. The summed E-state index contributed by atoms with van der Waals surface area (Å²) in [5.74, 6) is 0.499. The molecule has 1 rings (SSSR count). The van der Waals surface area contributed by atoms with Crippen LogP contribution < -0.4 is 10.6 Å². The zero-order valence-electron chi connectivity index (χ0n) is 12.0. The fourth-order valence-electron chi connectivity index (χ4n) is 1.96. The van der Waals surface area contributed by atoms with E-state index in [1.807, 2.05) is 37.4 Å². The van der Waals surface area contributed by atoms with Crippen LogP contribution in [0.3, 0.4) is 0 Å². The summed E-state index contributed by atoms with van der Waals surface area (Å²) in [7, 11) is 1.38. The summed E-state index contributed by atoms with van der Waals surface area (Å²) in [6, 6.07) is 7.25. The monoisotopic (exact) mass is 312 g/mol. The summed E-state index contributed by atoms with van der Waals surface area (Å²) in [5, 5.41) is 0.173. The maximum atomic E-state index is 12.0. The van der Waals surface area contributed by atoms with Crippen molar-refractivity contribution in [1.82, 2.24) is 0 Å². The molecule has 0 aromatic heterocycles. The van der Waals surface area contributed by atoms with Gasteiger partial charge in [0, 0.05) is 5.69 Å². The summed E-state index contributed by atoms with van der Waals surface area (Å²) in [6.07, 6.45) is 2.62. The van der Waals surface area contributed by atoms with Crippen molar-refractivity contribution in [2.24, 2.45) is 5.73 Å². The van der Waals surface area contributed by atoms with Crippen LogP contribution in [0.4, 0.5) is 5.69 Å². The SMILES string of the molecule is COC(=O)[C@H](CCSC)N(C(N)=S)c1cccc(C)c1. The van der Waals surface area contributed by atoms with Gasteiger partial charge in [-0.05, 0) is 55.3 Å². The molecular weight excluding hydrogens is 292 g/mol. The van der Waals surface area contributed by atoms with E-state index in [4.69, 9.17) is 22.7 Å². The number of anilines is 1. The number of thiocarbonyl (C=S) groups is 1. The molecule has 1 atom stereocenters. The van der Waals surface area contributed by atoms with E-state index in [0.29, 0.717) is 6.42 Å². The van der Waals surface area contributed by atoms with Gasteiger partial charge in [-0.3, -0.25) is 0 Å². The largest absolute Gasteiger partial charge is 0.467 e. The lowest BCUT2D eigenvalue weighted by Crippen LogP contribution is -2.48. The Hall–Kier alpha value is -1.27. The first-order valence-corrected chi connectivity index (χ1v) is 8.03. The first-order chi connectivity index (χ1) is 9.51. The number of carbonyl (C=O) groups is 1. The van der Waals surface area contributed by atoms with Crippen LogP contribution in [-0.2, 0) is 9.53 Å². The van der Waals surface area contributed by atoms with Crippen LogP contribution in [0.15, 0.2) is 24.3 Å². The predicted molar refractivity (Wildman–Crippen MR) is 89.2 cm³/mol. The summed E-state index contributed by atoms with van der Waals surface area (Å²) >= 11 is 6.79. The lowest BCUT2D eigenvalue weighted by Gasteiger charge is -2.30. The molecule has 110 valence electrons. The quantitative estimate of drug-likeness (QED) is 0.643. The average Bonchev–Trinajstić information content (AvgIpc) is 2.42. The molecule has 0 saturated carbocycles. The molecule has 0 aliphatic rings. The Bertz CT molecular complexity index is 480. The third-order valence-corrected chi connectivity index (χ3v) is 3.74. The summed E-state index contributed by atoms with van der Waals surface area (Å²) in [4.78, 5) is 13.7. The smallest absolute Gasteiger partial charge is 0.328 e. The number of nitrogens with two attached hydrogens (primary N) is 1. The summed E-state index contributed by atoms with van der Waals surface area (Å²) < 4.78 is 4.89. The first kappa shape index (κ1) is 16.8. The molecule has 4 nitrogen and oxygen atoms in total. The first-order valence-electron chi connectivity index (χ1n) is 6.23. The second-order valence-electron chi connectivity index (χ2n) is 4.37. The molecule has 20 heavy (non-hydrogen) atoms. The molecule has 6 heteroatoms. The van der Waals surface area contributed by atoms with E-state index in [1.165, 1.54) is 7.11 Å². The fraction of sp³-hybridized carbons (Fsp3) is 0.429. The second-order valence-corrected chi connectivity index (χ2v) is 5.77. The van der Waals surface area contributed by atoms with Gasteiger partial charge in [-0.1, -0.05) is 12.1 Å². The molecule has 0 fully saturated rings. The minimum absolute atomic E-state index is 0.173. The number of ether oxygens (including phenoxy) is 1. The maximum Gasteiger partial charge on any atom is 0.328 e. The van der Waals surface area contributed by atoms with E-state index in [9.17, 15) is 4.79 Å². The van der Waals surface area contributed by atoms with Crippen LogP contribution in [0, 0.1) is 6.92 Å². The minimum atomic E-state index is -0.494. The van der Waals surface area contributed by atoms with E-state index in [-0.39, 0.29) is 11.1 Å². The van der Waals surface area contributed by atoms with Crippen molar-refractivity contribution in [2.45, 2.75) is 19.4 Å². The molecule has 0 heterocycles. The third kappa shape index (κ3) is 4.38.